The number of amides is 1. The van der Waals surface area contributed by atoms with Gasteiger partial charge in [0.15, 0.2) is 0 Å². The van der Waals surface area contributed by atoms with E-state index in [-0.39, 0.29) is 5.91 Å². The highest BCUT2D eigenvalue weighted by Crippen LogP contribution is 2.17. The molecule has 1 aliphatic carbocycles. The van der Waals surface area contributed by atoms with Crippen LogP contribution < -0.4 is 5.32 Å². The lowest BCUT2D eigenvalue weighted by atomic mass is 10.1. The van der Waals surface area contributed by atoms with E-state index in [0.717, 1.165) is 12.8 Å². The number of carbonyl (C=O) groups excluding carboxylic acids is 1. The Morgan fingerprint density at radius 1 is 1.27 bits per heavy atom. The van der Waals surface area contributed by atoms with Crippen molar-refractivity contribution in [2.45, 2.75) is 51.5 Å². The third-order valence-electron chi connectivity index (χ3n) is 2.86. The van der Waals surface area contributed by atoms with Crippen LogP contribution in [-0.4, -0.2) is 19.1 Å². The largest absolute Gasteiger partial charge is 0.501 e. The van der Waals surface area contributed by atoms with Gasteiger partial charge in [-0.2, -0.15) is 0 Å². The number of rotatable bonds is 3. The van der Waals surface area contributed by atoms with Crippen molar-refractivity contribution in [1.29, 1.82) is 0 Å². The first kappa shape index (κ1) is 12.1. The lowest BCUT2D eigenvalue weighted by Crippen LogP contribution is -2.33. The first-order valence-electron chi connectivity index (χ1n) is 5.75. The number of ether oxygens (including phenoxy) is 1. The molecule has 0 unspecified atom stereocenters. The Labute approximate surface area is 91.9 Å². The van der Waals surface area contributed by atoms with E-state index < -0.39 is 0 Å². The minimum absolute atomic E-state index is 0.0266. The highest BCUT2D eigenvalue weighted by molar-refractivity contribution is 5.88. The number of hydrogen-bond acceptors (Lipinski definition) is 2. The van der Waals surface area contributed by atoms with Crippen LogP contribution in [0.2, 0.25) is 0 Å². The summed E-state index contributed by atoms with van der Waals surface area (Å²) in [7, 11) is 1.57. The van der Waals surface area contributed by atoms with Crippen LogP contribution in [0.25, 0.3) is 0 Å². The maximum atomic E-state index is 11.5. The van der Waals surface area contributed by atoms with Crippen molar-refractivity contribution in [2.75, 3.05) is 7.11 Å². The van der Waals surface area contributed by atoms with Crippen molar-refractivity contribution in [1.82, 2.24) is 5.32 Å². The van der Waals surface area contributed by atoms with E-state index >= 15 is 0 Å². The predicted octanol–water partition coefficient (Wildman–Crippen LogP) is 2.38. The van der Waals surface area contributed by atoms with E-state index in [1.807, 2.05) is 0 Å². The van der Waals surface area contributed by atoms with Crippen LogP contribution in [-0.2, 0) is 9.53 Å². The number of methoxy groups -OCH3 is 1. The molecule has 1 amide bonds. The third-order valence-corrected chi connectivity index (χ3v) is 2.86. The van der Waals surface area contributed by atoms with Gasteiger partial charge in [0.2, 0.25) is 5.91 Å². The number of nitrogens with one attached hydrogen (secondary N) is 1. The van der Waals surface area contributed by atoms with Gasteiger partial charge in [-0.3, -0.25) is 4.79 Å². The molecule has 1 fully saturated rings. The summed E-state index contributed by atoms with van der Waals surface area (Å²) < 4.78 is 4.93. The molecule has 3 nitrogen and oxygen atoms in total. The molecule has 0 bridgehead atoms. The summed E-state index contributed by atoms with van der Waals surface area (Å²) in [5, 5.41) is 3.03. The van der Waals surface area contributed by atoms with E-state index in [0.29, 0.717) is 11.8 Å². The maximum Gasteiger partial charge on any atom is 0.247 e. The van der Waals surface area contributed by atoms with Crippen molar-refractivity contribution in [2.24, 2.45) is 0 Å². The second-order valence-electron chi connectivity index (χ2n) is 4.16. The monoisotopic (exact) mass is 211 g/mol. The molecular formula is C12H21NO2. The molecule has 0 spiro atoms. The fourth-order valence-electron chi connectivity index (χ4n) is 1.91. The highest BCUT2D eigenvalue weighted by atomic mass is 16.5. The molecule has 0 aliphatic heterocycles. The Balaban J connectivity index is 2.36. The Morgan fingerprint density at radius 2 is 1.87 bits per heavy atom. The zero-order valence-electron chi connectivity index (χ0n) is 9.71. The van der Waals surface area contributed by atoms with Gasteiger partial charge < -0.3 is 10.1 Å². The summed E-state index contributed by atoms with van der Waals surface area (Å²) in [5.41, 5.74) is 0. The lowest BCUT2D eigenvalue weighted by molar-refractivity contribution is -0.117. The molecule has 0 saturated heterocycles. The molecule has 3 heteroatoms. The zero-order valence-corrected chi connectivity index (χ0v) is 9.71. The Bertz CT molecular complexity index is 228. The van der Waals surface area contributed by atoms with Crippen LogP contribution in [0.5, 0.6) is 0 Å². The molecule has 0 aromatic heterocycles. The van der Waals surface area contributed by atoms with Crippen LogP contribution in [0.1, 0.15) is 45.4 Å². The van der Waals surface area contributed by atoms with Crippen LogP contribution >= 0.6 is 0 Å². The van der Waals surface area contributed by atoms with Gasteiger partial charge in [-0.1, -0.05) is 25.7 Å². The Kier molecular flexibility index (Phi) is 5.22. The number of allylic oxidation sites excluding steroid dienone is 1. The van der Waals surface area contributed by atoms with Gasteiger partial charge >= 0.3 is 0 Å². The number of carbonyl (C=O) groups is 1. The van der Waals surface area contributed by atoms with Crippen molar-refractivity contribution in [3.63, 3.8) is 0 Å². The molecule has 0 atom stereocenters. The van der Waals surface area contributed by atoms with Gasteiger partial charge in [-0.05, 0) is 19.8 Å². The molecule has 1 rings (SSSR count). The van der Waals surface area contributed by atoms with Crippen LogP contribution in [0.4, 0.5) is 0 Å². The van der Waals surface area contributed by atoms with Gasteiger partial charge in [-0.25, -0.2) is 0 Å². The lowest BCUT2D eigenvalue weighted by Gasteiger charge is -2.14. The molecule has 1 saturated carbocycles. The van der Waals surface area contributed by atoms with Gasteiger partial charge in [0.05, 0.1) is 12.9 Å². The smallest absolute Gasteiger partial charge is 0.247 e. The van der Waals surface area contributed by atoms with Crippen molar-refractivity contribution < 1.29 is 9.53 Å². The van der Waals surface area contributed by atoms with Crippen LogP contribution in [0.15, 0.2) is 11.8 Å². The molecule has 0 aromatic rings. The fourth-order valence-corrected chi connectivity index (χ4v) is 1.91. The first-order valence-corrected chi connectivity index (χ1v) is 5.75. The van der Waals surface area contributed by atoms with Crippen LogP contribution in [0, 0.1) is 0 Å². The molecule has 0 aromatic carbocycles. The Morgan fingerprint density at radius 3 is 2.40 bits per heavy atom. The third kappa shape index (κ3) is 4.86. The molecule has 15 heavy (non-hydrogen) atoms. The summed E-state index contributed by atoms with van der Waals surface area (Å²) in [4.78, 5) is 11.5. The maximum absolute atomic E-state index is 11.5. The predicted molar refractivity (Wildman–Crippen MR) is 60.4 cm³/mol. The Hall–Kier alpha value is -0.990. The summed E-state index contributed by atoms with van der Waals surface area (Å²) in [6, 6.07) is 0.362. The standard InChI is InChI=1S/C12H21NO2/c1-10(15-2)9-12(14)13-11-7-5-3-4-6-8-11/h9,11H,3-8H2,1-2H3,(H,13,14). The molecular weight excluding hydrogens is 190 g/mol. The molecule has 0 radical (unpaired) electrons. The van der Waals surface area contributed by atoms with E-state index in [9.17, 15) is 4.79 Å². The SMILES string of the molecule is COC(C)=CC(=O)NC1CCCCCC1. The van der Waals surface area contributed by atoms with Gasteiger partial charge in [0.1, 0.15) is 0 Å². The second-order valence-corrected chi connectivity index (χ2v) is 4.16. The summed E-state index contributed by atoms with van der Waals surface area (Å²) in [6.07, 6.45) is 8.83. The minimum Gasteiger partial charge on any atom is -0.501 e. The molecule has 1 N–H and O–H groups in total. The summed E-state index contributed by atoms with van der Waals surface area (Å²) in [6.45, 7) is 1.78. The topological polar surface area (TPSA) is 38.3 Å². The van der Waals surface area contributed by atoms with E-state index in [1.165, 1.54) is 31.8 Å². The number of hydrogen-bond donors (Lipinski definition) is 1. The van der Waals surface area contributed by atoms with Crippen molar-refractivity contribution in [3.8, 4) is 0 Å². The second kappa shape index (κ2) is 6.49. The van der Waals surface area contributed by atoms with Crippen LogP contribution in [0.3, 0.4) is 0 Å². The highest BCUT2D eigenvalue weighted by Gasteiger charge is 2.13. The average molecular weight is 211 g/mol. The van der Waals surface area contributed by atoms with Crippen molar-refractivity contribution >= 4 is 5.91 Å². The minimum atomic E-state index is -0.0266. The van der Waals surface area contributed by atoms with Gasteiger partial charge in [0, 0.05) is 12.1 Å². The van der Waals surface area contributed by atoms with E-state index in [1.54, 1.807) is 14.0 Å². The molecule has 1 aliphatic rings. The fraction of sp³-hybridized carbons (Fsp3) is 0.750. The van der Waals surface area contributed by atoms with Gasteiger partial charge in [-0.15, -0.1) is 0 Å². The van der Waals surface area contributed by atoms with Crippen molar-refractivity contribution in [3.05, 3.63) is 11.8 Å². The normalized spacial score (nSPS) is 19.5. The van der Waals surface area contributed by atoms with Gasteiger partial charge in [0.25, 0.3) is 0 Å². The zero-order chi connectivity index (χ0) is 11.1. The molecule has 86 valence electrons. The molecule has 0 heterocycles. The average Bonchev–Trinajstić information content (AvgIpc) is 2.46. The summed E-state index contributed by atoms with van der Waals surface area (Å²) >= 11 is 0. The van der Waals surface area contributed by atoms with E-state index in [2.05, 4.69) is 5.32 Å². The first-order chi connectivity index (χ1) is 7.22. The van der Waals surface area contributed by atoms with E-state index in [4.69, 9.17) is 4.74 Å². The quantitative estimate of drug-likeness (QED) is 0.442. The summed E-state index contributed by atoms with van der Waals surface area (Å²) in [5.74, 6) is 0.627.